The summed E-state index contributed by atoms with van der Waals surface area (Å²) in [5, 5.41) is 9.76. The van der Waals surface area contributed by atoms with Crippen LogP contribution in [0.4, 0.5) is 0 Å². The minimum atomic E-state index is 0.0696. The normalized spacial score (nSPS) is 16.2. The number of carbonyl (C=O) groups excluding carboxylic acids is 1. The number of ketones is 1. The molecule has 1 aromatic rings. The lowest BCUT2D eigenvalue weighted by Gasteiger charge is -2.07. The number of halogens is 1. The van der Waals surface area contributed by atoms with E-state index in [2.05, 4.69) is 0 Å². The van der Waals surface area contributed by atoms with Crippen LogP contribution in [0.1, 0.15) is 35.2 Å². The molecular formula is C11H11ClO2. The second-order valence-corrected chi connectivity index (χ2v) is 3.93. The number of hydrogen-bond acceptors (Lipinski definition) is 2. The van der Waals surface area contributed by atoms with Crippen LogP contribution >= 0.6 is 11.6 Å². The van der Waals surface area contributed by atoms with Crippen molar-refractivity contribution in [1.82, 2.24) is 0 Å². The van der Waals surface area contributed by atoms with Gasteiger partial charge in [0.2, 0.25) is 0 Å². The molecule has 0 amide bonds. The molecule has 1 aromatic carbocycles. The second-order valence-electron chi connectivity index (χ2n) is 3.56. The number of hydrogen-bond donors (Lipinski definition) is 1. The lowest BCUT2D eigenvalue weighted by Crippen LogP contribution is -2.00. The van der Waals surface area contributed by atoms with Gasteiger partial charge in [0.15, 0.2) is 5.78 Å². The predicted molar refractivity (Wildman–Crippen MR) is 55.0 cm³/mol. The number of rotatable bonds is 0. The lowest BCUT2D eigenvalue weighted by atomic mass is 10.0. The Bertz CT molecular complexity index is 385. The first kappa shape index (κ1) is 9.53. The molecule has 0 saturated heterocycles. The Kier molecular flexibility index (Phi) is 2.46. The summed E-state index contributed by atoms with van der Waals surface area (Å²) in [4.78, 5) is 11.6. The predicted octanol–water partition coefficient (Wildman–Crippen LogP) is 2.95. The highest BCUT2D eigenvalue weighted by molar-refractivity contribution is 6.33. The van der Waals surface area contributed by atoms with Crippen LogP contribution in [0, 0.1) is 0 Å². The molecule has 0 radical (unpaired) electrons. The molecule has 0 heterocycles. The molecule has 1 aliphatic rings. The van der Waals surface area contributed by atoms with Gasteiger partial charge >= 0.3 is 0 Å². The Morgan fingerprint density at radius 3 is 2.71 bits per heavy atom. The van der Waals surface area contributed by atoms with Gasteiger partial charge in [-0.05, 0) is 37.0 Å². The Balaban J connectivity index is 2.58. The molecule has 1 N–H and O–H groups in total. The minimum Gasteiger partial charge on any atom is -0.506 e. The molecule has 3 heteroatoms. The van der Waals surface area contributed by atoms with Crippen molar-refractivity contribution in [3.8, 4) is 5.75 Å². The van der Waals surface area contributed by atoms with Crippen molar-refractivity contribution in [2.45, 2.75) is 25.7 Å². The summed E-state index contributed by atoms with van der Waals surface area (Å²) < 4.78 is 0. The summed E-state index contributed by atoms with van der Waals surface area (Å²) in [6.45, 7) is 0. The van der Waals surface area contributed by atoms with Crippen LogP contribution in [0.2, 0.25) is 5.02 Å². The molecule has 0 saturated carbocycles. The monoisotopic (exact) mass is 210 g/mol. The fraction of sp³-hybridized carbons (Fsp3) is 0.364. The van der Waals surface area contributed by atoms with Crippen LogP contribution < -0.4 is 0 Å². The number of carbonyl (C=O) groups is 1. The van der Waals surface area contributed by atoms with Crippen LogP contribution in [0.25, 0.3) is 0 Å². The van der Waals surface area contributed by atoms with Gasteiger partial charge in [0.25, 0.3) is 0 Å². The van der Waals surface area contributed by atoms with Gasteiger partial charge in [-0.25, -0.2) is 0 Å². The van der Waals surface area contributed by atoms with Gasteiger partial charge in [-0.3, -0.25) is 4.79 Å². The van der Waals surface area contributed by atoms with Crippen LogP contribution in [0.5, 0.6) is 5.75 Å². The number of benzene rings is 1. The van der Waals surface area contributed by atoms with E-state index in [4.69, 9.17) is 11.6 Å². The average molecular weight is 211 g/mol. The van der Waals surface area contributed by atoms with Crippen LogP contribution in [-0.4, -0.2) is 10.9 Å². The van der Waals surface area contributed by atoms with Gasteiger partial charge in [-0.1, -0.05) is 11.6 Å². The molecule has 2 nitrogen and oxygen atoms in total. The zero-order valence-electron chi connectivity index (χ0n) is 7.72. The molecule has 0 aromatic heterocycles. The van der Waals surface area contributed by atoms with E-state index < -0.39 is 0 Å². The molecule has 0 aliphatic heterocycles. The Hall–Kier alpha value is -1.02. The third kappa shape index (κ3) is 1.50. The van der Waals surface area contributed by atoms with Gasteiger partial charge in [0.1, 0.15) is 5.75 Å². The van der Waals surface area contributed by atoms with Gasteiger partial charge in [0.05, 0.1) is 5.02 Å². The molecule has 0 bridgehead atoms. The smallest absolute Gasteiger partial charge is 0.163 e. The SMILES string of the molecule is O=C1CCCCc2c1ccc(O)c2Cl. The standard InChI is InChI=1S/C11H11ClO2/c12-11-8-3-1-2-4-9(13)7(8)5-6-10(11)14/h5-6,14H,1-4H2. The van der Waals surface area contributed by atoms with E-state index >= 15 is 0 Å². The molecule has 14 heavy (non-hydrogen) atoms. The van der Waals surface area contributed by atoms with E-state index in [1.807, 2.05) is 0 Å². The molecule has 0 fully saturated rings. The van der Waals surface area contributed by atoms with Gasteiger partial charge < -0.3 is 5.11 Å². The van der Waals surface area contributed by atoms with E-state index in [1.54, 1.807) is 6.07 Å². The summed E-state index contributed by atoms with van der Waals surface area (Å²) in [5.41, 5.74) is 1.50. The number of phenols is 1. The Morgan fingerprint density at radius 2 is 1.93 bits per heavy atom. The third-order valence-electron chi connectivity index (χ3n) is 2.60. The zero-order valence-corrected chi connectivity index (χ0v) is 8.47. The minimum absolute atomic E-state index is 0.0696. The van der Waals surface area contributed by atoms with Crippen LogP contribution in [-0.2, 0) is 6.42 Å². The van der Waals surface area contributed by atoms with Crippen molar-refractivity contribution in [1.29, 1.82) is 0 Å². The second kappa shape index (κ2) is 3.62. The fourth-order valence-electron chi connectivity index (χ4n) is 1.84. The average Bonchev–Trinajstić information content (AvgIpc) is 2.35. The van der Waals surface area contributed by atoms with Gasteiger partial charge in [-0.2, -0.15) is 0 Å². The van der Waals surface area contributed by atoms with E-state index in [-0.39, 0.29) is 11.5 Å². The fourth-order valence-corrected chi connectivity index (χ4v) is 2.10. The van der Waals surface area contributed by atoms with Gasteiger partial charge in [0, 0.05) is 12.0 Å². The van der Waals surface area contributed by atoms with E-state index in [9.17, 15) is 9.90 Å². The maximum Gasteiger partial charge on any atom is 0.163 e. The van der Waals surface area contributed by atoms with Gasteiger partial charge in [-0.15, -0.1) is 0 Å². The van der Waals surface area contributed by atoms with Crippen molar-refractivity contribution in [3.63, 3.8) is 0 Å². The van der Waals surface area contributed by atoms with E-state index in [1.165, 1.54) is 6.07 Å². The van der Waals surface area contributed by atoms with Crippen molar-refractivity contribution in [3.05, 3.63) is 28.3 Å². The quantitative estimate of drug-likeness (QED) is 0.669. The summed E-state index contributed by atoms with van der Waals surface area (Å²) in [6, 6.07) is 3.16. The first-order chi connectivity index (χ1) is 6.70. The topological polar surface area (TPSA) is 37.3 Å². The van der Waals surface area contributed by atoms with Crippen molar-refractivity contribution in [2.24, 2.45) is 0 Å². The van der Waals surface area contributed by atoms with Crippen molar-refractivity contribution < 1.29 is 9.90 Å². The summed E-state index contributed by atoms with van der Waals surface area (Å²) in [5.74, 6) is 0.208. The maximum absolute atomic E-state index is 11.6. The highest BCUT2D eigenvalue weighted by Crippen LogP contribution is 2.33. The molecule has 0 unspecified atom stereocenters. The first-order valence-electron chi connectivity index (χ1n) is 4.73. The summed E-state index contributed by atoms with van der Waals surface area (Å²) >= 11 is 5.95. The zero-order chi connectivity index (χ0) is 10.1. The Morgan fingerprint density at radius 1 is 1.21 bits per heavy atom. The Labute approximate surface area is 87.5 Å². The third-order valence-corrected chi connectivity index (χ3v) is 3.03. The number of aromatic hydroxyl groups is 1. The molecule has 0 spiro atoms. The lowest BCUT2D eigenvalue weighted by molar-refractivity contribution is 0.0982. The number of Topliss-reactive ketones (excluding diaryl/α,β-unsaturated/α-hetero) is 1. The first-order valence-corrected chi connectivity index (χ1v) is 5.11. The summed E-state index contributed by atoms with van der Waals surface area (Å²) in [6.07, 6.45) is 3.24. The highest BCUT2D eigenvalue weighted by atomic mass is 35.5. The van der Waals surface area contributed by atoms with Crippen LogP contribution in [0.3, 0.4) is 0 Å². The molecule has 1 aliphatic carbocycles. The molecule has 2 rings (SSSR count). The van der Waals surface area contributed by atoms with E-state index in [0.717, 1.165) is 24.8 Å². The maximum atomic E-state index is 11.6. The van der Waals surface area contributed by atoms with Crippen molar-refractivity contribution in [2.75, 3.05) is 0 Å². The molecule has 74 valence electrons. The summed E-state index contributed by atoms with van der Waals surface area (Å²) in [7, 11) is 0. The molecule has 0 atom stereocenters. The van der Waals surface area contributed by atoms with E-state index in [0.29, 0.717) is 17.0 Å². The van der Waals surface area contributed by atoms with Crippen LogP contribution in [0.15, 0.2) is 12.1 Å². The number of fused-ring (bicyclic) bond motifs is 1. The highest BCUT2D eigenvalue weighted by Gasteiger charge is 2.19. The van der Waals surface area contributed by atoms with Crippen molar-refractivity contribution >= 4 is 17.4 Å². The largest absolute Gasteiger partial charge is 0.506 e. The number of phenolic OH excluding ortho intramolecular Hbond substituents is 1. The molecular weight excluding hydrogens is 200 g/mol.